The quantitative estimate of drug-likeness (QED) is 0.576. The number of halogens is 1. The van der Waals surface area contributed by atoms with Gasteiger partial charge >= 0.3 is 74.6 Å². The van der Waals surface area contributed by atoms with Crippen molar-refractivity contribution >= 4 is 28.5 Å². The Hall–Kier alpha value is -0.435. The zero-order valence-electron chi connectivity index (χ0n) is 6.26. The van der Waals surface area contributed by atoms with Crippen molar-refractivity contribution in [3.8, 4) is 0 Å². The number of hydrogen-bond acceptors (Lipinski definition) is 1. The molecule has 0 radical (unpaired) electrons. The minimum atomic E-state index is 0.856. The molecule has 3 heteroatoms. The van der Waals surface area contributed by atoms with Gasteiger partial charge in [0.2, 0.25) is 0 Å². The van der Waals surface area contributed by atoms with Crippen LogP contribution < -0.4 is 5.46 Å². The first-order valence-corrected chi connectivity index (χ1v) is 4.35. The van der Waals surface area contributed by atoms with Gasteiger partial charge in [-0.2, -0.15) is 0 Å². The Morgan fingerprint density at radius 2 is 2.36 bits per heavy atom. The summed E-state index contributed by atoms with van der Waals surface area (Å²) in [5, 5.41) is 0. The van der Waals surface area contributed by atoms with E-state index in [1.807, 2.05) is 7.07 Å². The number of rotatable bonds is 0. The molecule has 1 nitrogen and oxygen atoms in total. The first-order valence-electron chi connectivity index (χ1n) is 3.56. The molecule has 0 atom stereocenters. The van der Waals surface area contributed by atoms with Crippen LogP contribution in [0.15, 0.2) is 21.5 Å². The molecule has 1 aromatic carbocycles. The molecule has 1 heterocycles. The number of fused-ring (bicyclic) bond motifs is 1. The predicted molar refractivity (Wildman–Crippen MR) is 50.4 cm³/mol. The van der Waals surface area contributed by atoms with E-state index in [2.05, 4.69) is 39.9 Å². The van der Waals surface area contributed by atoms with Crippen molar-refractivity contribution in [3.05, 3.63) is 27.7 Å². The maximum absolute atomic E-state index is 4.21. The minimum absolute atomic E-state index is 0.856. The van der Waals surface area contributed by atoms with Crippen LogP contribution in [-0.2, 0) is 6.54 Å². The SMILES string of the molecule is Cc1cc(Br)cc2c1CN=B2. The summed E-state index contributed by atoms with van der Waals surface area (Å²) in [6.45, 7) is 2.98. The van der Waals surface area contributed by atoms with Crippen molar-refractivity contribution in [1.29, 1.82) is 0 Å². The Morgan fingerprint density at radius 1 is 1.55 bits per heavy atom. The molecule has 1 aromatic rings. The van der Waals surface area contributed by atoms with Crippen LogP contribution >= 0.6 is 15.9 Å². The van der Waals surface area contributed by atoms with E-state index in [0.29, 0.717) is 0 Å². The van der Waals surface area contributed by atoms with Crippen LogP contribution in [0, 0.1) is 6.92 Å². The van der Waals surface area contributed by atoms with E-state index in [0.717, 1.165) is 11.0 Å². The van der Waals surface area contributed by atoms with E-state index in [9.17, 15) is 0 Å². The molecule has 54 valence electrons. The number of hydrogen-bond donors (Lipinski definition) is 0. The van der Waals surface area contributed by atoms with Gasteiger partial charge in [-0.1, -0.05) is 0 Å². The topological polar surface area (TPSA) is 12.4 Å². The van der Waals surface area contributed by atoms with Gasteiger partial charge in [-0.15, -0.1) is 0 Å². The molecule has 0 spiro atoms. The van der Waals surface area contributed by atoms with Crippen LogP contribution in [0.2, 0.25) is 0 Å². The van der Waals surface area contributed by atoms with Gasteiger partial charge in [0.1, 0.15) is 0 Å². The second-order valence-corrected chi connectivity index (χ2v) is 3.68. The third-order valence-corrected chi connectivity index (χ3v) is 2.41. The van der Waals surface area contributed by atoms with Crippen LogP contribution in [0.5, 0.6) is 0 Å². The fraction of sp³-hybridized carbons (Fsp3) is 0.250. The number of nitrogens with zero attached hydrogens (tertiary/aromatic N) is 1. The van der Waals surface area contributed by atoms with E-state index in [1.54, 1.807) is 0 Å². The first kappa shape index (κ1) is 7.23. The third kappa shape index (κ3) is 1.18. The molecule has 0 aliphatic carbocycles. The van der Waals surface area contributed by atoms with Crippen LogP contribution in [0.1, 0.15) is 11.1 Å². The third-order valence-electron chi connectivity index (χ3n) is 1.95. The van der Waals surface area contributed by atoms with Crippen LogP contribution in [0.25, 0.3) is 0 Å². The molecule has 1 aliphatic heterocycles. The Morgan fingerprint density at radius 3 is 3.18 bits per heavy atom. The average Bonchev–Trinajstić information content (AvgIpc) is 2.34. The molecule has 0 unspecified atom stereocenters. The fourth-order valence-electron chi connectivity index (χ4n) is 1.37. The van der Waals surface area contributed by atoms with Crippen LogP contribution in [0.4, 0.5) is 0 Å². The van der Waals surface area contributed by atoms with Gasteiger partial charge in [-0.25, -0.2) is 0 Å². The predicted octanol–water partition coefficient (Wildman–Crippen LogP) is 1.78. The van der Waals surface area contributed by atoms with Crippen LogP contribution in [-0.4, -0.2) is 7.07 Å². The van der Waals surface area contributed by atoms with Crippen molar-refractivity contribution in [2.75, 3.05) is 0 Å². The summed E-state index contributed by atoms with van der Waals surface area (Å²) < 4.78 is 1.14. The molecule has 1 aliphatic rings. The number of benzene rings is 1. The summed E-state index contributed by atoms with van der Waals surface area (Å²) in [4.78, 5) is 4.21. The van der Waals surface area contributed by atoms with Gasteiger partial charge in [-0.3, -0.25) is 0 Å². The Labute approximate surface area is 74.9 Å². The summed E-state index contributed by atoms with van der Waals surface area (Å²) in [5.74, 6) is 0. The monoisotopic (exact) mass is 207 g/mol. The fourth-order valence-corrected chi connectivity index (χ4v) is 1.96. The Bertz CT molecular complexity index is 333. The van der Waals surface area contributed by atoms with Crippen molar-refractivity contribution in [2.45, 2.75) is 13.5 Å². The van der Waals surface area contributed by atoms with Crippen molar-refractivity contribution in [3.63, 3.8) is 0 Å². The van der Waals surface area contributed by atoms with Gasteiger partial charge in [0.05, 0.1) is 0 Å². The van der Waals surface area contributed by atoms with Gasteiger partial charge < -0.3 is 0 Å². The van der Waals surface area contributed by atoms with E-state index in [4.69, 9.17) is 0 Å². The van der Waals surface area contributed by atoms with E-state index in [-0.39, 0.29) is 0 Å². The molecule has 0 saturated carbocycles. The summed E-state index contributed by atoms with van der Waals surface area (Å²) >= 11 is 3.45. The van der Waals surface area contributed by atoms with E-state index in [1.165, 1.54) is 16.6 Å². The summed E-state index contributed by atoms with van der Waals surface area (Å²) in [7, 11) is 1.94. The first-order chi connectivity index (χ1) is 5.27. The van der Waals surface area contributed by atoms with Gasteiger partial charge in [0.25, 0.3) is 0 Å². The zero-order valence-corrected chi connectivity index (χ0v) is 7.85. The molecule has 0 aromatic heterocycles. The normalized spacial score (nSPS) is 12.9. The standard InChI is InChI=1S/C8H7BBrN/c1-5-2-6(10)3-8-7(5)4-11-9-8/h2-3H,4H2,1H3. The van der Waals surface area contributed by atoms with E-state index >= 15 is 0 Å². The molecular weight excluding hydrogens is 201 g/mol. The molecule has 0 fully saturated rings. The van der Waals surface area contributed by atoms with Gasteiger partial charge in [0.15, 0.2) is 0 Å². The molecular formula is C8H7BBrN. The Balaban J connectivity index is 2.66. The summed E-state index contributed by atoms with van der Waals surface area (Å²) in [6, 6.07) is 4.24. The number of aryl methyl sites for hydroxylation is 1. The van der Waals surface area contributed by atoms with Crippen molar-refractivity contribution in [2.24, 2.45) is 4.90 Å². The average molecular weight is 208 g/mol. The molecule has 0 saturated heterocycles. The molecule has 0 amide bonds. The van der Waals surface area contributed by atoms with Crippen molar-refractivity contribution in [1.82, 2.24) is 0 Å². The molecule has 11 heavy (non-hydrogen) atoms. The Kier molecular flexibility index (Phi) is 1.68. The van der Waals surface area contributed by atoms with Crippen LogP contribution in [0.3, 0.4) is 0 Å². The molecule has 0 bridgehead atoms. The summed E-state index contributed by atoms with van der Waals surface area (Å²) in [5.41, 5.74) is 3.96. The molecule has 2 rings (SSSR count). The van der Waals surface area contributed by atoms with Gasteiger partial charge in [0, 0.05) is 0 Å². The van der Waals surface area contributed by atoms with Gasteiger partial charge in [-0.05, 0) is 0 Å². The second kappa shape index (κ2) is 2.56. The zero-order chi connectivity index (χ0) is 7.84. The maximum atomic E-state index is 4.21. The molecule has 0 N–H and O–H groups in total. The summed E-state index contributed by atoms with van der Waals surface area (Å²) in [6.07, 6.45) is 0. The van der Waals surface area contributed by atoms with E-state index < -0.39 is 0 Å². The second-order valence-electron chi connectivity index (χ2n) is 2.76. The van der Waals surface area contributed by atoms with Crippen molar-refractivity contribution < 1.29 is 0 Å².